The van der Waals surface area contributed by atoms with Crippen molar-refractivity contribution in [1.82, 2.24) is 0 Å². The van der Waals surface area contributed by atoms with Gasteiger partial charge in [-0.3, -0.25) is 0 Å². The van der Waals surface area contributed by atoms with Crippen LogP contribution in [0.15, 0.2) is 12.1 Å². The maximum Gasteiger partial charge on any atom is 0.122 e. The Morgan fingerprint density at radius 1 is 1.29 bits per heavy atom. The Balaban J connectivity index is 2.87. The molecule has 1 rings (SSSR count). The summed E-state index contributed by atoms with van der Waals surface area (Å²) < 4.78 is 5.32. The number of ether oxygens (including phenoxy) is 1. The summed E-state index contributed by atoms with van der Waals surface area (Å²) in [6.07, 6.45) is 1.00. The number of methoxy groups -OCH3 is 1. The predicted octanol–water partition coefficient (Wildman–Crippen LogP) is 2.49. The molecule has 0 heterocycles. The Hall–Kier alpha value is -1.22. The lowest BCUT2D eigenvalue weighted by Crippen LogP contribution is -2.26. The normalized spacial score (nSPS) is 12.4. The number of hydrogen-bond donors (Lipinski definition) is 1. The standard InChI is InChI=1S/C14H24N2O/c1-10(15)8-9-16(4)13-6-7-14(17-5)12(3)11(13)2/h6-7,10H,8-9,15H2,1-5H3. The van der Waals surface area contributed by atoms with Gasteiger partial charge in [-0.1, -0.05) is 0 Å². The number of nitrogens with two attached hydrogens (primary N) is 1. The van der Waals surface area contributed by atoms with E-state index in [9.17, 15) is 0 Å². The van der Waals surface area contributed by atoms with E-state index in [0.717, 1.165) is 18.7 Å². The van der Waals surface area contributed by atoms with Gasteiger partial charge in [0.15, 0.2) is 0 Å². The molecule has 3 nitrogen and oxygen atoms in total. The SMILES string of the molecule is COc1ccc(N(C)CCC(C)N)c(C)c1C. The molecule has 0 aliphatic carbocycles. The molecule has 1 aromatic carbocycles. The third-order valence-electron chi connectivity index (χ3n) is 3.26. The summed E-state index contributed by atoms with van der Waals surface area (Å²) >= 11 is 0. The Morgan fingerprint density at radius 3 is 2.47 bits per heavy atom. The van der Waals surface area contributed by atoms with Gasteiger partial charge in [0.1, 0.15) is 5.75 Å². The molecule has 0 aliphatic heterocycles. The van der Waals surface area contributed by atoms with E-state index in [2.05, 4.69) is 31.9 Å². The van der Waals surface area contributed by atoms with E-state index in [0.29, 0.717) is 0 Å². The molecule has 17 heavy (non-hydrogen) atoms. The summed E-state index contributed by atoms with van der Waals surface area (Å²) in [4.78, 5) is 2.26. The summed E-state index contributed by atoms with van der Waals surface area (Å²) in [5.41, 5.74) is 9.52. The van der Waals surface area contributed by atoms with Gasteiger partial charge in [0.25, 0.3) is 0 Å². The van der Waals surface area contributed by atoms with Gasteiger partial charge >= 0.3 is 0 Å². The van der Waals surface area contributed by atoms with Crippen molar-refractivity contribution in [2.45, 2.75) is 33.2 Å². The quantitative estimate of drug-likeness (QED) is 0.853. The Bertz CT molecular complexity index is 375. The van der Waals surface area contributed by atoms with Gasteiger partial charge in [0.2, 0.25) is 0 Å². The Morgan fingerprint density at radius 2 is 1.94 bits per heavy atom. The van der Waals surface area contributed by atoms with Crippen LogP contribution < -0.4 is 15.4 Å². The van der Waals surface area contributed by atoms with Crippen LogP contribution in [0.5, 0.6) is 5.75 Å². The molecule has 0 saturated heterocycles. The number of nitrogens with zero attached hydrogens (tertiary/aromatic N) is 1. The molecule has 0 spiro atoms. The molecule has 1 atom stereocenters. The molecule has 96 valence electrons. The first-order chi connectivity index (χ1) is 7.97. The second-order valence-corrected chi connectivity index (χ2v) is 4.72. The zero-order chi connectivity index (χ0) is 13.0. The molecule has 0 radical (unpaired) electrons. The molecule has 3 heteroatoms. The van der Waals surface area contributed by atoms with Crippen molar-refractivity contribution in [3.8, 4) is 5.75 Å². The highest BCUT2D eigenvalue weighted by atomic mass is 16.5. The lowest BCUT2D eigenvalue weighted by molar-refractivity contribution is 0.411. The van der Waals surface area contributed by atoms with Crippen LogP contribution >= 0.6 is 0 Å². The lowest BCUT2D eigenvalue weighted by atomic mass is 10.1. The fourth-order valence-corrected chi connectivity index (χ4v) is 1.93. The highest BCUT2D eigenvalue weighted by Crippen LogP contribution is 2.29. The van der Waals surface area contributed by atoms with Crippen LogP contribution in [0.3, 0.4) is 0 Å². The van der Waals surface area contributed by atoms with Gasteiger partial charge in [0.05, 0.1) is 7.11 Å². The summed E-state index contributed by atoms with van der Waals surface area (Å²) in [5, 5.41) is 0. The van der Waals surface area contributed by atoms with Gasteiger partial charge in [-0.05, 0) is 50.5 Å². The lowest BCUT2D eigenvalue weighted by Gasteiger charge is -2.24. The van der Waals surface area contributed by atoms with Crippen LogP contribution in [0.25, 0.3) is 0 Å². The highest BCUT2D eigenvalue weighted by molar-refractivity contribution is 5.59. The first-order valence-corrected chi connectivity index (χ1v) is 6.08. The second-order valence-electron chi connectivity index (χ2n) is 4.72. The molecule has 1 aromatic rings. The van der Waals surface area contributed by atoms with E-state index in [4.69, 9.17) is 10.5 Å². The van der Waals surface area contributed by atoms with Crippen molar-refractivity contribution >= 4 is 5.69 Å². The molecule has 0 aromatic heterocycles. The topological polar surface area (TPSA) is 38.5 Å². The van der Waals surface area contributed by atoms with Crippen LogP contribution in [0.2, 0.25) is 0 Å². The molecular formula is C14H24N2O. The Kier molecular flexibility index (Phi) is 4.82. The van der Waals surface area contributed by atoms with Crippen LogP contribution in [-0.4, -0.2) is 26.7 Å². The van der Waals surface area contributed by atoms with Crippen LogP contribution in [0, 0.1) is 13.8 Å². The number of benzene rings is 1. The van der Waals surface area contributed by atoms with Gasteiger partial charge in [0, 0.05) is 25.3 Å². The second kappa shape index (κ2) is 5.92. The van der Waals surface area contributed by atoms with Gasteiger partial charge in [-0.25, -0.2) is 0 Å². The zero-order valence-corrected chi connectivity index (χ0v) is 11.6. The minimum Gasteiger partial charge on any atom is -0.496 e. The first kappa shape index (κ1) is 13.8. The molecule has 2 N–H and O–H groups in total. The largest absolute Gasteiger partial charge is 0.496 e. The molecule has 0 amide bonds. The third kappa shape index (κ3) is 3.37. The van der Waals surface area contributed by atoms with E-state index < -0.39 is 0 Å². The van der Waals surface area contributed by atoms with E-state index >= 15 is 0 Å². The Labute approximate surface area is 105 Å². The molecule has 1 unspecified atom stereocenters. The van der Waals surface area contributed by atoms with Crippen molar-refractivity contribution in [3.05, 3.63) is 23.3 Å². The van der Waals surface area contributed by atoms with Crippen molar-refractivity contribution in [3.63, 3.8) is 0 Å². The fourth-order valence-electron chi connectivity index (χ4n) is 1.93. The summed E-state index contributed by atoms with van der Waals surface area (Å²) in [6.45, 7) is 7.25. The molecular weight excluding hydrogens is 212 g/mol. The van der Waals surface area contributed by atoms with Gasteiger partial charge < -0.3 is 15.4 Å². The predicted molar refractivity (Wildman–Crippen MR) is 74.0 cm³/mol. The van der Waals surface area contributed by atoms with Gasteiger partial charge in [-0.2, -0.15) is 0 Å². The molecule has 0 saturated carbocycles. The first-order valence-electron chi connectivity index (χ1n) is 6.08. The van der Waals surface area contributed by atoms with Crippen molar-refractivity contribution < 1.29 is 4.74 Å². The number of hydrogen-bond acceptors (Lipinski definition) is 3. The highest BCUT2D eigenvalue weighted by Gasteiger charge is 2.10. The maximum atomic E-state index is 5.79. The van der Waals surface area contributed by atoms with Crippen LogP contribution in [0.4, 0.5) is 5.69 Å². The van der Waals surface area contributed by atoms with Crippen molar-refractivity contribution in [1.29, 1.82) is 0 Å². The van der Waals surface area contributed by atoms with E-state index in [1.807, 2.05) is 13.0 Å². The fraction of sp³-hybridized carbons (Fsp3) is 0.571. The molecule has 0 aliphatic rings. The number of anilines is 1. The summed E-state index contributed by atoms with van der Waals surface area (Å²) in [6, 6.07) is 4.39. The number of rotatable bonds is 5. The van der Waals surface area contributed by atoms with Gasteiger partial charge in [-0.15, -0.1) is 0 Å². The smallest absolute Gasteiger partial charge is 0.122 e. The monoisotopic (exact) mass is 236 g/mol. The van der Waals surface area contributed by atoms with E-state index in [1.54, 1.807) is 7.11 Å². The van der Waals surface area contributed by atoms with E-state index in [-0.39, 0.29) is 6.04 Å². The summed E-state index contributed by atoms with van der Waals surface area (Å²) in [7, 11) is 3.82. The van der Waals surface area contributed by atoms with Crippen molar-refractivity contribution in [2.24, 2.45) is 5.73 Å². The average Bonchev–Trinajstić information content (AvgIpc) is 2.29. The maximum absolute atomic E-state index is 5.79. The zero-order valence-electron chi connectivity index (χ0n) is 11.6. The minimum absolute atomic E-state index is 0.247. The van der Waals surface area contributed by atoms with Crippen LogP contribution in [0.1, 0.15) is 24.5 Å². The third-order valence-corrected chi connectivity index (χ3v) is 3.26. The molecule has 0 bridgehead atoms. The van der Waals surface area contributed by atoms with Crippen molar-refractivity contribution in [2.75, 3.05) is 25.6 Å². The average molecular weight is 236 g/mol. The summed E-state index contributed by atoms with van der Waals surface area (Å²) in [5.74, 6) is 0.951. The van der Waals surface area contributed by atoms with E-state index in [1.165, 1.54) is 16.8 Å². The van der Waals surface area contributed by atoms with Crippen LogP contribution in [-0.2, 0) is 0 Å². The molecule has 0 fully saturated rings. The minimum atomic E-state index is 0.247.